The van der Waals surface area contributed by atoms with Crippen LogP contribution in [0.4, 0.5) is 0 Å². The van der Waals surface area contributed by atoms with E-state index in [2.05, 4.69) is 9.62 Å². The summed E-state index contributed by atoms with van der Waals surface area (Å²) in [6, 6.07) is 16.2. The lowest BCUT2D eigenvalue weighted by Gasteiger charge is -2.33. The average molecular weight is 394 g/mol. The van der Waals surface area contributed by atoms with Gasteiger partial charge in [0.15, 0.2) is 0 Å². The van der Waals surface area contributed by atoms with Crippen molar-refractivity contribution in [3.05, 3.63) is 70.7 Å². The maximum atomic E-state index is 12.5. The summed E-state index contributed by atoms with van der Waals surface area (Å²) in [6.07, 6.45) is 0. The van der Waals surface area contributed by atoms with Crippen molar-refractivity contribution in [1.82, 2.24) is 13.9 Å². The van der Waals surface area contributed by atoms with E-state index in [1.807, 2.05) is 30.3 Å². The SMILES string of the molecule is O=C(NS(=O)(=O)N1CCN(Cc2ccccc2)CC1)c1cccc(Cl)c1. The second kappa shape index (κ2) is 8.18. The lowest BCUT2D eigenvalue weighted by atomic mass is 10.2. The molecule has 3 rings (SSSR count). The average Bonchev–Trinajstić information content (AvgIpc) is 2.63. The molecule has 0 aromatic heterocycles. The van der Waals surface area contributed by atoms with Crippen LogP contribution in [-0.4, -0.2) is 49.7 Å². The van der Waals surface area contributed by atoms with Crippen LogP contribution in [0.5, 0.6) is 0 Å². The van der Waals surface area contributed by atoms with Gasteiger partial charge in [-0.25, -0.2) is 4.72 Å². The number of nitrogens with zero attached hydrogens (tertiary/aromatic N) is 2. The highest BCUT2D eigenvalue weighted by molar-refractivity contribution is 7.87. The predicted octanol–water partition coefficient (Wildman–Crippen LogP) is 2.13. The van der Waals surface area contributed by atoms with Crippen molar-refractivity contribution in [1.29, 1.82) is 0 Å². The number of benzene rings is 2. The van der Waals surface area contributed by atoms with E-state index in [0.29, 0.717) is 31.2 Å². The Labute approximate surface area is 158 Å². The Hall–Kier alpha value is -1.93. The van der Waals surface area contributed by atoms with Crippen molar-refractivity contribution >= 4 is 27.7 Å². The third-order valence-corrected chi connectivity index (χ3v) is 5.95. The molecule has 0 atom stereocenters. The molecular formula is C18H20ClN3O3S. The number of carbonyl (C=O) groups is 1. The molecule has 2 aromatic rings. The smallest absolute Gasteiger partial charge is 0.296 e. The van der Waals surface area contributed by atoms with Gasteiger partial charge in [0.1, 0.15) is 0 Å². The first-order chi connectivity index (χ1) is 12.4. The molecule has 8 heteroatoms. The Bertz CT molecular complexity index is 866. The van der Waals surface area contributed by atoms with Gasteiger partial charge in [0, 0.05) is 43.3 Å². The molecule has 0 saturated carbocycles. The lowest BCUT2D eigenvalue weighted by molar-refractivity contribution is 0.0977. The summed E-state index contributed by atoms with van der Waals surface area (Å²) < 4.78 is 28.3. The second-order valence-corrected chi connectivity index (χ2v) is 8.21. The molecule has 1 saturated heterocycles. The summed E-state index contributed by atoms with van der Waals surface area (Å²) in [6.45, 7) is 2.68. The Balaban J connectivity index is 1.56. The van der Waals surface area contributed by atoms with E-state index in [0.717, 1.165) is 6.54 Å². The zero-order chi connectivity index (χ0) is 18.6. The van der Waals surface area contributed by atoms with E-state index in [9.17, 15) is 13.2 Å². The van der Waals surface area contributed by atoms with E-state index in [-0.39, 0.29) is 5.56 Å². The molecule has 0 spiro atoms. The van der Waals surface area contributed by atoms with Crippen LogP contribution in [0, 0.1) is 0 Å². The maximum Gasteiger partial charge on any atom is 0.304 e. The molecular weight excluding hydrogens is 374 g/mol. The minimum atomic E-state index is -3.88. The van der Waals surface area contributed by atoms with Crippen LogP contribution in [0.2, 0.25) is 5.02 Å². The van der Waals surface area contributed by atoms with Gasteiger partial charge in [0.05, 0.1) is 0 Å². The Morgan fingerprint density at radius 1 is 1.00 bits per heavy atom. The van der Waals surface area contributed by atoms with E-state index >= 15 is 0 Å². The number of piperazine rings is 1. The molecule has 1 aliphatic rings. The van der Waals surface area contributed by atoms with E-state index in [1.54, 1.807) is 12.1 Å². The van der Waals surface area contributed by atoms with Crippen molar-refractivity contribution in [3.8, 4) is 0 Å². The molecule has 6 nitrogen and oxygen atoms in total. The molecule has 1 aliphatic heterocycles. The molecule has 2 aromatic carbocycles. The van der Waals surface area contributed by atoms with Gasteiger partial charge in [0.25, 0.3) is 5.91 Å². The van der Waals surface area contributed by atoms with Crippen LogP contribution in [-0.2, 0) is 16.8 Å². The van der Waals surface area contributed by atoms with Crippen molar-refractivity contribution in [2.24, 2.45) is 0 Å². The zero-order valence-corrected chi connectivity index (χ0v) is 15.7. The molecule has 0 radical (unpaired) electrons. The summed E-state index contributed by atoms with van der Waals surface area (Å²) in [5, 5.41) is 0.379. The summed E-state index contributed by atoms with van der Waals surface area (Å²) in [7, 11) is -3.88. The van der Waals surface area contributed by atoms with E-state index in [1.165, 1.54) is 22.0 Å². The highest BCUT2D eigenvalue weighted by Crippen LogP contribution is 2.13. The molecule has 0 bridgehead atoms. The van der Waals surface area contributed by atoms with Crippen molar-refractivity contribution in [2.45, 2.75) is 6.54 Å². The van der Waals surface area contributed by atoms with Gasteiger partial charge in [-0.2, -0.15) is 12.7 Å². The van der Waals surface area contributed by atoms with Gasteiger partial charge < -0.3 is 0 Å². The van der Waals surface area contributed by atoms with Crippen molar-refractivity contribution in [2.75, 3.05) is 26.2 Å². The highest BCUT2D eigenvalue weighted by atomic mass is 35.5. The highest BCUT2D eigenvalue weighted by Gasteiger charge is 2.28. The Morgan fingerprint density at radius 2 is 1.69 bits per heavy atom. The van der Waals surface area contributed by atoms with Crippen LogP contribution in [0.15, 0.2) is 54.6 Å². The fraction of sp³-hybridized carbons (Fsp3) is 0.278. The van der Waals surface area contributed by atoms with Gasteiger partial charge in [-0.15, -0.1) is 0 Å². The normalized spacial score (nSPS) is 16.3. The van der Waals surface area contributed by atoms with E-state index < -0.39 is 16.1 Å². The minimum absolute atomic E-state index is 0.212. The van der Waals surface area contributed by atoms with Gasteiger partial charge in [-0.1, -0.05) is 48.0 Å². The van der Waals surface area contributed by atoms with E-state index in [4.69, 9.17) is 11.6 Å². The number of hydrogen-bond acceptors (Lipinski definition) is 4. The lowest BCUT2D eigenvalue weighted by Crippen LogP contribution is -2.52. The predicted molar refractivity (Wildman–Crippen MR) is 101 cm³/mol. The number of halogens is 1. The largest absolute Gasteiger partial charge is 0.304 e. The molecule has 138 valence electrons. The second-order valence-electron chi connectivity index (χ2n) is 6.11. The Morgan fingerprint density at radius 3 is 2.35 bits per heavy atom. The van der Waals surface area contributed by atoms with Gasteiger partial charge in [-0.05, 0) is 23.8 Å². The topological polar surface area (TPSA) is 69.7 Å². The van der Waals surface area contributed by atoms with Gasteiger partial charge in [0.2, 0.25) is 0 Å². The van der Waals surface area contributed by atoms with Gasteiger partial charge >= 0.3 is 10.2 Å². The van der Waals surface area contributed by atoms with Crippen molar-refractivity contribution in [3.63, 3.8) is 0 Å². The summed E-state index contributed by atoms with van der Waals surface area (Å²) in [5.74, 6) is -0.681. The van der Waals surface area contributed by atoms with Crippen LogP contribution in [0.1, 0.15) is 15.9 Å². The third kappa shape index (κ3) is 4.82. The molecule has 0 unspecified atom stereocenters. The summed E-state index contributed by atoms with van der Waals surface area (Å²) in [5.41, 5.74) is 1.40. The maximum absolute atomic E-state index is 12.5. The first-order valence-corrected chi connectivity index (χ1v) is 10.1. The Kier molecular flexibility index (Phi) is 5.93. The number of carbonyl (C=O) groups excluding carboxylic acids is 1. The van der Waals surface area contributed by atoms with Crippen LogP contribution in [0.25, 0.3) is 0 Å². The van der Waals surface area contributed by atoms with Crippen LogP contribution < -0.4 is 4.72 Å². The quantitative estimate of drug-likeness (QED) is 0.844. The summed E-state index contributed by atoms with van der Waals surface area (Å²) in [4.78, 5) is 14.4. The number of nitrogens with one attached hydrogen (secondary N) is 1. The third-order valence-electron chi connectivity index (χ3n) is 4.23. The molecule has 26 heavy (non-hydrogen) atoms. The fourth-order valence-electron chi connectivity index (χ4n) is 2.84. The standard InChI is InChI=1S/C18H20ClN3O3S/c19-17-8-4-7-16(13-17)18(23)20-26(24,25)22-11-9-21(10-12-22)14-15-5-2-1-3-6-15/h1-8,13H,9-12,14H2,(H,20,23). The van der Waals surface area contributed by atoms with Crippen molar-refractivity contribution < 1.29 is 13.2 Å². The number of rotatable bonds is 5. The molecule has 1 heterocycles. The minimum Gasteiger partial charge on any atom is -0.296 e. The van der Waals surface area contributed by atoms with Crippen LogP contribution in [0.3, 0.4) is 0 Å². The summed E-state index contributed by atoms with van der Waals surface area (Å²) >= 11 is 5.85. The number of hydrogen-bond donors (Lipinski definition) is 1. The molecule has 0 aliphatic carbocycles. The monoisotopic (exact) mass is 393 g/mol. The molecule has 1 amide bonds. The zero-order valence-electron chi connectivity index (χ0n) is 14.1. The first-order valence-electron chi connectivity index (χ1n) is 8.28. The molecule has 1 N–H and O–H groups in total. The van der Waals surface area contributed by atoms with Crippen LogP contribution >= 0.6 is 11.6 Å². The fourth-order valence-corrected chi connectivity index (χ4v) is 4.16. The van der Waals surface area contributed by atoms with Gasteiger partial charge in [-0.3, -0.25) is 9.69 Å². The first kappa shape index (κ1) is 18.8. The molecule has 1 fully saturated rings. The number of amides is 1.